The quantitative estimate of drug-likeness (QED) is 0.857. The lowest BCUT2D eigenvalue weighted by atomic mass is 9.82. The van der Waals surface area contributed by atoms with E-state index in [9.17, 15) is 9.59 Å². The van der Waals surface area contributed by atoms with Crippen LogP contribution in [-0.4, -0.2) is 35.3 Å². The Balaban J connectivity index is 1.65. The summed E-state index contributed by atoms with van der Waals surface area (Å²) in [5, 5.41) is 2.92. The van der Waals surface area contributed by atoms with Crippen molar-refractivity contribution in [2.24, 2.45) is 17.8 Å². The van der Waals surface area contributed by atoms with Crippen LogP contribution < -0.4 is 5.32 Å². The molecule has 0 aromatic carbocycles. The van der Waals surface area contributed by atoms with E-state index in [2.05, 4.69) is 12.2 Å². The first-order chi connectivity index (χ1) is 9.56. The van der Waals surface area contributed by atoms with E-state index in [-0.39, 0.29) is 23.9 Å². The Kier molecular flexibility index (Phi) is 3.74. The summed E-state index contributed by atoms with van der Waals surface area (Å²) in [5.74, 6) is 2.00. The third-order valence-electron chi connectivity index (χ3n) is 5.38. The SMILES string of the molecule is CC1CCC(CN2C(=O)C(C3CC3)NC(=O)C2C)CC1. The summed E-state index contributed by atoms with van der Waals surface area (Å²) < 4.78 is 0. The summed E-state index contributed by atoms with van der Waals surface area (Å²) in [6, 6.07) is -0.530. The Morgan fingerprint density at radius 2 is 1.70 bits per heavy atom. The molecule has 0 aromatic heterocycles. The van der Waals surface area contributed by atoms with E-state index in [1.165, 1.54) is 25.7 Å². The number of hydrogen-bond donors (Lipinski definition) is 1. The van der Waals surface area contributed by atoms with Crippen LogP contribution in [0.25, 0.3) is 0 Å². The fourth-order valence-corrected chi connectivity index (χ4v) is 3.63. The van der Waals surface area contributed by atoms with Crippen molar-refractivity contribution in [1.82, 2.24) is 10.2 Å². The molecule has 1 heterocycles. The third-order valence-corrected chi connectivity index (χ3v) is 5.38. The first-order valence-electron chi connectivity index (χ1n) is 8.17. The molecule has 1 aliphatic heterocycles. The van der Waals surface area contributed by atoms with Crippen molar-refractivity contribution in [2.75, 3.05) is 6.54 Å². The van der Waals surface area contributed by atoms with E-state index >= 15 is 0 Å². The molecule has 2 atom stereocenters. The Labute approximate surface area is 121 Å². The molecule has 20 heavy (non-hydrogen) atoms. The van der Waals surface area contributed by atoms with Crippen LogP contribution in [0.15, 0.2) is 0 Å². The van der Waals surface area contributed by atoms with Gasteiger partial charge in [0.15, 0.2) is 0 Å². The fraction of sp³-hybridized carbons (Fsp3) is 0.875. The van der Waals surface area contributed by atoms with Crippen LogP contribution in [0, 0.1) is 17.8 Å². The Bertz CT molecular complexity index is 397. The summed E-state index contributed by atoms with van der Waals surface area (Å²) in [6.07, 6.45) is 7.10. The molecule has 0 radical (unpaired) electrons. The molecular weight excluding hydrogens is 252 g/mol. The summed E-state index contributed by atoms with van der Waals surface area (Å²) >= 11 is 0. The molecule has 4 heteroatoms. The summed E-state index contributed by atoms with van der Waals surface area (Å²) in [6.45, 7) is 4.95. The number of piperazine rings is 1. The van der Waals surface area contributed by atoms with Gasteiger partial charge in [-0.05, 0) is 50.4 Å². The number of rotatable bonds is 3. The van der Waals surface area contributed by atoms with Gasteiger partial charge in [-0.2, -0.15) is 0 Å². The van der Waals surface area contributed by atoms with Crippen LogP contribution in [0.4, 0.5) is 0 Å². The highest BCUT2D eigenvalue weighted by Gasteiger charge is 2.45. The van der Waals surface area contributed by atoms with Crippen molar-refractivity contribution in [3.8, 4) is 0 Å². The summed E-state index contributed by atoms with van der Waals surface area (Å²) in [5.41, 5.74) is 0. The van der Waals surface area contributed by atoms with Gasteiger partial charge in [-0.15, -0.1) is 0 Å². The standard InChI is InChI=1S/C16H26N2O2/c1-10-3-5-12(6-4-10)9-18-11(2)15(19)17-14(16(18)20)13-7-8-13/h10-14H,3-9H2,1-2H3,(H,17,19). The van der Waals surface area contributed by atoms with Crippen LogP contribution in [0.2, 0.25) is 0 Å². The van der Waals surface area contributed by atoms with Crippen LogP contribution >= 0.6 is 0 Å². The van der Waals surface area contributed by atoms with E-state index in [1.807, 2.05) is 11.8 Å². The first-order valence-corrected chi connectivity index (χ1v) is 8.17. The van der Waals surface area contributed by atoms with Crippen molar-refractivity contribution in [2.45, 2.75) is 64.5 Å². The molecular formula is C16H26N2O2. The third kappa shape index (κ3) is 2.70. The van der Waals surface area contributed by atoms with Gasteiger partial charge in [0.05, 0.1) is 0 Å². The Hall–Kier alpha value is -1.06. The van der Waals surface area contributed by atoms with Gasteiger partial charge in [-0.25, -0.2) is 0 Å². The fourth-order valence-electron chi connectivity index (χ4n) is 3.63. The molecule has 2 unspecified atom stereocenters. The number of nitrogens with one attached hydrogen (secondary N) is 1. The van der Waals surface area contributed by atoms with Gasteiger partial charge in [-0.1, -0.05) is 19.8 Å². The van der Waals surface area contributed by atoms with Gasteiger partial charge in [0.2, 0.25) is 11.8 Å². The molecule has 2 amide bonds. The highest BCUT2D eigenvalue weighted by atomic mass is 16.2. The van der Waals surface area contributed by atoms with Gasteiger partial charge >= 0.3 is 0 Å². The molecule has 3 aliphatic rings. The Morgan fingerprint density at radius 3 is 2.30 bits per heavy atom. The summed E-state index contributed by atoms with van der Waals surface area (Å²) in [4.78, 5) is 26.6. The van der Waals surface area contributed by atoms with Crippen molar-refractivity contribution in [3.05, 3.63) is 0 Å². The largest absolute Gasteiger partial charge is 0.342 e. The number of hydrogen-bond acceptors (Lipinski definition) is 2. The zero-order valence-electron chi connectivity index (χ0n) is 12.6. The normalized spacial score (nSPS) is 38.8. The minimum Gasteiger partial charge on any atom is -0.342 e. The average molecular weight is 278 g/mol. The number of carbonyl (C=O) groups excluding carboxylic acids is 2. The topological polar surface area (TPSA) is 49.4 Å². The van der Waals surface area contributed by atoms with Gasteiger partial charge in [-0.3, -0.25) is 9.59 Å². The second kappa shape index (κ2) is 5.38. The van der Waals surface area contributed by atoms with Crippen molar-refractivity contribution >= 4 is 11.8 Å². The lowest BCUT2D eigenvalue weighted by Gasteiger charge is -2.40. The Morgan fingerprint density at radius 1 is 1.05 bits per heavy atom. The molecule has 3 fully saturated rings. The molecule has 0 aromatic rings. The van der Waals surface area contributed by atoms with Crippen molar-refractivity contribution in [1.29, 1.82) is 0 Å². The first kappa shape index (κ1) is 13.9. The van der Waals surface area contributed by atoms with Crippen LogP contribution in [-0.2, 0) is 9.59 Å². The lowest BCUT2D eigenvalue weighted by Crippen LogP contribution is -2.63. The second-order valence-corrected chi connectivity index (χ2v) is 7.12. The van der Waals surface area contributed by atoms with E-state index < -0.39 is 0 Å². The predicted molar refractivity (Wildman–Crippen MR) is 77.0 cm³/mol. The average Bonchev–Trinajstić information content (AvgIpc) is 3.25. The number of nitrogens with zero attached hydrogens (tertiary/aromatic N) is 1. The maximum Gasteiger partial charge on any atom is 0.246 e. The number of carbonyl (C=O) groups is 2. The minimum atomic E-state index is -0.295. The molecule has 4 nitrogen and oxygen atoms in total. The molecule has 0 spiro atoms. The van der Waals surface area contributed by atoms with Crippen LogP contribution in [0.3, 0.4) is 0 Å². The number of amides is 2. The zero-order chi connectivity index (χ0) is 14.3. The molecule has 2 saturated carbocycles. The lowest BCUT2D eigenvalue weighted by molar-refractivity contribution is -0.150. The van der Waals surface area contributed by atoms with E-state index in [1.54, 1.807) is 0 Å². The smallest absolute Gasteiger partial charge is 0.246 e. The maximum atomic E-state index is 12.6. The highest BCUT2D eigenvalue weighted by Crippen LogP contribution is 2.36. The van der Waals surface area contributed by atoms with Crippen molar-refractivity contribution < 1.29 is 9.59 Å². The van der Waals surface area contributed by atoms with E-state index in [0.717, 1.165) is 25.3 Å². The minimum absolute atomic E-state index is 0.0330. The summed E-state index contributed by atoms with van der Waals surface area (Å²) in [7, 11) is 0. The molecule has 112 valence electrons. The van der Waals surface area contributed by atoms with Crippen molar-refractivity contribution in [3.63, 3.8) is 0 Å². The zero-order valence-corrected chi connectivity index (χ0v) is 12.6. The predicted octanol–water partition coefficient (Wildman–Crippen LogP) is 1.94. The maximum absolute atomic E-state index is 12.6. The van der Waals surface area contributed by atoms with E-state index in [4.69, 9.17) is 0 Å². The van der Waals surface area contributed by atoms with Gasteiger partial charge in [0.1, 0.15) is 12.1 Å². The molecule has 2 aliphatic carbocycles. The second-order valence-electron chi connectivity index (χ2n) is 7.12. The molecule has 0 bridgehead atoms. The highest BCUT2D eigenvalue weighted by molar-refractivity contribution is 5.97. The molecule has 1 N–H and O–H groups in total. The van der Waals surface area contributed by atoms with E-state index in [0.29, 0.717) is 11.8 Å². The van der Waals surface area contributed by atoms with Gasteiger partial charge < -0.3 is 10.2 Å². The monoisotopic (exact) mass is 278 g/mol. The van der Waals surface area contributed by atoms with Crippen LogP contribution in [0.5, 0.6) is 0 Å². The van der Waals surface area contributed by atoms with Gasteiger partial charge in [0, 0.05) is 6.54 Å². The van der Waals surface area contributed by atoms with Gasteiger partial charge in [0.25, 0.3) is 0 Å². The molecule has 1 saturated heterocycles. The molecule has 3 rings (SSSR count). The van der Waals surface area contributed by atoms with Crippen LogP contribution in [0.1, 0.15) is 52.4 Å².